The fraction of sp³-hybridized carbons (Fsp3) is 0.125. The summed E-state index contributed by atoms with van der Waals surface area (Å²) in [5, 5.41) is 24.7. The lowest BCUT2D eigenvalue weighted by atomic mass is 10.0. The van der Waals surface area contributed by atoms with E-state index in [2.05, 4.69) is 13.2 Å². The Morgan fingerprint density at radius 1 is 1.19 bits per heavy atom. The van der Waals surface area contributed by atoms with Crippen molar-refractivity contribution in [2.45, 2.75) is 6.04 Å². The van der Waals surface area contributed by atoms with Crippen LogP contribution in [0.3, 0.4) is 0 Å². The first-order valence-electron chi connectivity index (χ1n) is 9.11. The van der Waals surface area contributed by atoms with Crippen molar-refractivity contribution in [3.63, 3.8) is 0 Å². The summed E-state index contributed by atoms with van der Waals surface area (Å²) in [5.74, 6) is -1.68. The van der Waals surface area contributed by atoms with E-state index in [-0.39, 0.29) is 6.61 Å². The molecule has 0 spiro atoms. The molecule has 1 rings (SSSR count). The number of ether oxygens (including phenoxy) is 1. The number of rotatable bonds is 10. The number of allylic oxidation sites excluding steroid dienone is 6. The van der Waals surface area contributed by atoms with Gasteiger partial charge in [0.1, 0.15) is 12.6 Å². The van der Waals surface area contributed by atoms with Crippen LogP contribution >= 0.6 is 0 Å². The maximum absolute atomic E-state index is 12.3. The van der Waals surface area contributed by atoms with Crippen LogP contribution in [0.2, 0.25) is 0 Å². The summed E-state index contributed by atoms with van der Waals surface area (Å²) in [6.07, 6.45) is 12.8. The SMILES string of the molecule is C=CC=CC(C(=O)OCC=C)=C(C=CC#N)C=Cc1ccccc1.N[C@@H](CO)C(=O)O. The molecule has 7 nitrogen and oxygen atoms in total. The minimum Gasteiger partial charge on any atom is -0.480 e. The van der Waals surface area contributed by atoms with Gasteiger partial charge in [0, 0.05) is 6.08 Å². The summed E-state index contributed by atoms with van der Waals surface area (Å²) < 4.78 is 5.11. The molecule has 4 N–H and O–H groups in total. The Balaban J connectivity index is 0.00000110. The largest absolute Gasteiger partial charge is 0.480 e. The summed E-state index contributed by atoms with van der Waals surface area (Å²) in [4.78, 5) is 21.9. The number of aliphatic carboxylic acids is 1. The second-order valence-corrected chi connectivity index (χ2v) is 5.68. The van der Waals surface area contributed by atoms with Crippen molar-refractivity contribution in [1.82, 2.24) is 0 Å². The molecule has 31 heavy (non-hydrogen) atoms. The average molecular weight is 422 g/mol. The molecule has 162 valence electrons. The Bertz CT molecular complexity index is 890. The first kappa shape index (κ1) is 27.0. The molecule has 0 heterocycles. The fourth-order valence-corrected chi connectivity index (χ4v) is 1.85. The molecule has 0 unspecified atom stereocenters. The number of benzene rings is 1. The molecule has 0 fully saturated rings. The van der Waals surface area contributed by atoms with E-state index in [0.29, 0.717) is 11.1 Å². The van der Waals surface area contributed by atoms with Gasteiger partial charge in [-0.15, -0.1) is 0 Å². The highest BCUT2D eigenvalue weighted by molar-refractivity contribution is 5.94. The van der Waals surface area contributed by atoms with Crippen LogP contribution in [0.1, 0.15) is 5.56 Å². The molecular formula is C24H26N2O5. The molecule has 1 aromatic rings. The quantitative estimate of drug-likeness (QED) is 0.173. The van der Waals surface area contributed by atoms with Gasteiger partial charge in [-0.1, -0.05) is 73.9 Å². The van der Waals surface area contributed by atoms with Crippen molar-refractivity contribution in [3.05, 3.63) is 103 Å². The highest BCUT2D eigenvalue weighted by atomic mass is 16.5. The van der Waals surface area contributed by atoms with Crippen molar-refractivity contribution < 1.29 is 24.5 Å². The van der Waals surface area contributed by atoms with Gasteiger partial charge in [0.2, 0.25) is 0 Å². The normalized spacial score (nSPS) is 12.4. The molecule has 0 aliphatic heterocycles. The van der Waals surface area contributed by atoms with Crippen LogP contribution in [0.25, 0.3) is 6.08 Å². The van der Waals surface area contributed by atoms with Crippen LogP contribution < -0.4 is 5.73 Å². The number of aliphatic hydroxyl groups is 1. The fourth-order valence-electron chi connectivity index (χ4n) is 1.85. The Morgan fingerprint density at radius 2 is 1.87 bits per heavy atom. The molecule has 0 saturated carbocycles. The Kier molecular flexibility index (Phi) is 14.7. The van der Waals surface area contributed by atoms with E-state index >= 15 is 0 Å². The van der Waals surface area contributed by atoms with Gasteiger partial charge < -0.3 is 20.7 Å². The van der Waals surface area contributed by atoms with E-state index in [0.717, 1.165) is 5.56 Å². The first-order chi connectivity index (χ1) is 14.9. The van der Waals surface area contributed by atoms with Crippen LogP contribution in [-0.2, 0) is 14.3 Å². The molecular weight excluding hydrogens is 396 g/mol. The molecule has 0 amide bonds. The minimum absolute atomic E-state index is 0.113. The topological polar surface area (TPSA) is 134 Å². The van der Waals surface area contributed by atoms with Crippen LogP contribution in [0, 0.1) is 11.3 Å². The Morgan fingerprint density at radius 3 is 2.35 bits per heavy atom. The average Bonchev–Trinajstić information content (AvgIpc) is 2.79. The third-order valence-corrected chi connectivity index (χ3v) is 3.37. The number of hydrogen-bond donors (Lipinski definition) is 3. The molecule has 0 saturated heterocycles. The molecule has 0 bridgehead atoms. The van der Waals surface area contributed by atoms with Crippen LogP contribution in [0.15, 0.2) is 97.2 Å². The number of carboxylic acid groups (broad SMARTS) is 1. The summed E-state index contributed by atoms with van der Waals surface area (Å²) in [6.45, 7) is 6.74. The van der Waals surface area contributed by atoms with Crippen molar-refractivity contribution in [2.75, 3.05) is 13.2 Å². The Hall–Kier alpha value is -3.99. The van der Waals surface area contributed by atoms with Gasteiger partial charge in [-0.2, -0.15) is 5.26 Å². The molecule has 0 radical (unpaired) electrons. The number of carboxylic acids is 1. The zero-order valence-electron chi connectivity index (χ0n) is 17.1. The van der Waals surface area contributed by atoms with Crippen LogP contribution in [0.4, 0.5) is 0 Å². The van der Waals surface area contributed by atoms with E-state index in [1.54, 1.807) is 30.4 Å². The van der Waals surface area contributed by atoms with Crippen LogP contribution in [-0.4, -0.2) is 41.4 Å². The lowest BCUT2D eigenvalue weighted by Crippen LogP contribution is -2.33. The number of esters is 1. The van der Waals surface area contributed by atoms with Crippen molar-refractivity contribution >= 4 is 18.0 Å². The first-order valence-corrected chi connectivity index (χ1v) is 9.11. The maximum Gasteiger partial charge on any atom is 0.339 e. The second kappa shape index (κ2) is 16.9. The lowest BCUT2D eigenvalue weighted by molar-refractivity contribution is -0.139. The molecule has 1 atom stereocenters. The smallest absolute Gasteiger partial charge is 0.339 e. The number of carbonyl (C=O) groups is 2. The van der Waals surface area contributed by atoms with Crippen molar-refractivity contribution in [1.29, 1.82) is 5.26 Å². The predicted molar refractivity (Wildman–Crippen MR) is 120 cm³/mol. The zero-order chi connectivity index (χ0) is 23.5. The zero-order valence-corrected chi connectivity index (χ0v) is 17.1. The van der Waals surface area contributed by atoms with Crippen molar-refractivity contribution in [2.24, 2.45) is 5.73 Å². The van der Waals surface area contributed by atoms with Gasteiger partial charge in [0.15, 0.2) is 0 Å². The van der Waals surface area contributed by atoms with Gasteiger partial charge in [0.05, 0.1) is 18.2 Å². The van der Waals surface area contributed by atoms with Gasteiger partial charge in [-0.25, -0.2) is 4.79 Å². The number of nitrogens with two attached hydrogens (primary N) is 1. The summed E-state index contributed by atoms with van der Waals surface area (Å²) in [6, 6.07) is 10.5. The monoisotopic (exact) mass is 422 g/mol. The number of aliphatic hydroxyl groups excluding tert-OH is 1. The molecule has 0 aromatic heterocycles. The molecule has 0 aliphatic rings. The molecule has 1 aromatic carbocycles. The third kappa shape index (κ3) is 12.2. The van der Waals surface area contributed by atoms with Crippen molar-refractivity contribution in [3.8, 4) is 6.07 Å². The van der Waals surface area contributed by atoms with Gasteiger partial charge in [-0.3, -0.25) is 4.79 Å². The molecule has 7 heteroatoms. The van der Waals surface area contributed by atoms with E-state index in [4.69, 9.17) is 25.9 Å². The maximum atomic E-state index is 12.3. The number of nitriles is 1. The van der Waals surface area contributed by atoms with Gasteiger partial charge in [-0.05, 0) is 23.3 Å². The van der Waals surface area contributed by atoms with Gasteiger partial charge in [0.25, 0.3) is 0 Å². The van der Waals surface area contributed by atoms with E-state index < -0.39 is 24.6 Å². The van der Waals surface area contributed by atoms with E-state index in [9.17, 15) is 9.59 Å². The standard InChI is InChI=1S/C21H19NO2.C3H7NO3/c1-3-5-13-20(21(23)24-17-4-2)19(12-9-16-22)15-14-18-10-7-6-8-11-18;4-2(1-5)3(6)7/h3-15H,1-2,17H2;2,5H,1,4H2,(H,6,7)/t;2-/m.0/s1. The summed E-state index contributed by atoms with van der Waals surface area (Å²) >= 11 is 0. The third-order valence-electron chi connectivity index (χ3n) is 3.37. The predicted octanol–water partition coefficient (Wildman–Crippen LogP) is 2.94. The highest BCUT2D eigenvalue weighted by Crippen LogP contribution is 2.15. The highest BCUT2D eigenvalue weighted by Gasteiger charge is 2.11. The van der Waals surface area contributed by atoms with E-state index in [1.165, 1.54) is 12.2 Å². The van der Waals surface area contributed by atoms with Gasteiger partial charge >= 0.3 is 11.9 Å². The number of nitrogens with zero attached hydrogens (tertiary/aromatic N) is 1. The number of hydrogen-bond acceptors (Lipinski definition) is 6. The second-order valence-electron chi connectivity index (χ2n) is 5.68. The Labute approximate surface area is 182 Å². The summed E-state index contributed by atoms with van der Waals surface area (Å²) in [5.41, 5.74) is 6.64. The van der Waals surface area contributed by atoms with Crippen LogP contribution in [0.5, 0.6) is 0 Å². The number of carbonyl (C=O) groups excluding carboxylic acids is 1. The molecule has 0 aliphatic carbocycles. The summed E-state index contributed by atoms with van der Waals surface area (Å²) in [7, 11) is 0. The lowest BCUT2D eigenvalue weighted by Gasteiger charge is -2.06. The van der Waals surface area contributed by atoms with E-state index in [1.807, 2.05) is 42.5 Å². The minimum atomic E-state index is -1.18.